The Hall–Kier alpha value is -1.36. The lowest BCUT2D eigenvalue weighted by molar-refractivity contribution is -0.0795. The second-order valence-electron chi connectivity index (χ2n) is 6.10. The molecule has 5 nitrogen and oxygen atoms in total. The van der Waals surface area contributed by atoms with Gasteiger partial charge in [0.15, 0.2) is 0 Å². The minimum Gasteiger partial charge on any atom is -0.381 e. The minimum absolute atomic E-state index is 0.128. The molecule has 0 amide bonds. The molecule has 2 rings (SSSR count). The van der Waals surface area contributed by atoms with Crippen molar-refractivity contribution in [3.05, 3.63) is 11.9 Å². The van der Waals surface area contributed by atoms with Gasteiger partial charge < -0.3 is 15.4 Å². The summed E-state index contributed by atoms with van der Waals surface area (Å²) in [6.45, 7) is 9.59. The highest BCUT2D eigenvalue weighted by Crippen LogP contribution is 2.44. The summed E-state index contributed by atoms with van der Waals surface area (Å²) >= 11 is 0. The fourth-order valence-corrected chi connectivity index (χ4v) is 2.71. The van der Waals surface area contributed by atoms with Crippen LogP contribution in [0.3, 0.4) is 0 Å². The Bertz CT molecular complexity index is 461. The molecule has 1 aliphatic rings. The summed E-state index contributed by atoms with van der Waals surface area (Å²) in [7, 11) is 1.78. The van der Waals surface area contributed by atoms with Crippen LogP contribution in [0.25, 0.3) is 0 Å². The molecule has 1 aromatic rings. The third-order valence-electron chi connectivity index (χ3n) is 4.40. The van der Waals surface area contributed by atoms with Crippen LogP contribution in [-0.4, -0.2) is 35.8 Å². The molecule has 2 N–H and O–H groups in total. The van der Waals surface area contributed by atoms with E-state index in [9.17, 15) is 0 Å². The minimum atomic E-state index is 0.128. The van der Waals surface area contributed by atoms with Gasteiger partial charge in [-0.05, 0) is 19.8 Å². The van der Waals surface area contributed by atoms with Crippen molar-refractivity contribution >= 4 is 11.6 Å². The molecule has 2 unspecified atom stereocenters. The molecule has 0 radical (unpaired) electrons. The van der Waals surface area contributed by atoms with Crippen LogP contribution in [0.2, 0.25) is 0 Å². The first-order chi connectivity index (χ1) is 9.50. The first-order valence-electron chi connectivity index (χ1n) is 7.35. The number of aromatic nitrogens is 2. The van der Waals surface area contributed by atoms with Gasteiger partial charge in [-0.15, -0.1) is 0 Å². The van der Waals surface area contributed by atoms with Crippen LogP contribution in [0.15, 0.2) is 6.33 Å². The van der Waals surface area contributed by atoms with Crippen LogP contribution in [0.1, 0.15) is 39.2 Å². The third-order valence-corrected chi connectivity index (χ3v) is 4.40. The van der Waals surface area contributed by atoms with E-state index in [2.05, 4.69) is 48.3 Å². The van der Waals surface area contributed by atoms with E-state index < -0.39 is 0 Å². The predicted molar refractivity (Wildman–Crippen MR) is 82.2 cm³/mol. The average Bonchev–Trinajstić information content (AvgIpc) is 2.43. The first kappa shape index (κ1) is 15.0. The number of methoxy groups -OCH3 is 1. The van der Waals surface area contributed by atoms with E-state index in [1.165, 1.54) is 0 Å². The maximum Gasteiger partial charge on any atom is 0.134 e. The maximum atomic E-state index is 5.49. The van der Waals surface area contributed by atoms with Gasteiger partial charge in [0, 0.05) is 30.7 Å². The third kappa shape index (κ3) is 2.73. The molecule has 1 fully saturated rings. The molecule has 112 valence electrons. The Labute approximate surface area is 121 Å². The predicted octanol–water partition coefficient (Wildman–Crippen LogP) is 2.83. The highest BCUT2D eigenvalue weighted by atomic mass is 16.5. The van der Waals surface area contributed by atoms with Gasteiger partial charge >= 0.3 is 0 Å². The van der Waals surface area contributed by atoms with E-state index in [1.54, 1.807) is 13.4 Å². The molecular weight excluding hydrogens is 252 g/mol. The monoisotopic (exact) mass is 278 g/mol. The highest BCUT2D eigenvalue weighted by molar-refractivity contribution is 5.57. The van der Waals surface area contributed by atoms with Crippen molar-refractivity contribution in [3.8, 4) is 0 Å². The second-order valence-corrected chi connectivity index (χ2v) is 6.10. The van der Waals surface area contributed by atoms with E-state index in [1.807, 2.05) is 0 Å². The van der Waals surface area contributed by atoms with Crippen molar-refractivity contribution in [1.82, 2.24) is 9.97 Å². The molecule has 0 saturated heterocycles. The van der Waals surface area contributed by atoms with E-state index in [0.29, 0.717) is 12.1 Å². The van der Waals surface area contributed by atoms with Crippen molar-refractivity contribution in [1.29, 1.82) is 0 Å². The van der Waals surface area contributed by atoms with Crippen molar-refractivity contribution in [2.45, 2.75) is 52.7 Å². The smallest absolute Gasteiger partial charge is 0.134 e. The molecule has 5 heteroatoms. The molecule has 1 saturated carbocycles. The summed E-state index contributed by atoms with van der Waals surface area (Å²) in [5, 5.41) is 6.88. The van der Waals surface area contributed by atoms with Crippen LogP contribution < -0.4 is 10.6 Å². The van der Waals surface area contributed by atoms with Crippen molar-refractivity contribution < 1.29 is 4.74 Å². The molecule has 1 heterocycles. The van der Waals surface area contributed by atoms with Crippen LogP contribution in [0.5, 0.6) is 0 Å². The largest absolute Gasteiger partial charge is 0.381 e. The summed E-state index contributed by atoms with van der Waals surface area (Å²) < 4.78 is 5.49. The number of ether oxygens (including phenoxy) is 1. The number of hydrogen-bond donors (Lipinski definition) is 2. The van der Waals surface area contributed by atoms with E-state index in [0.717, 1.165) is 36.6 Å². The first-order valence-corrected chi connectivity index (χ1v) is 7.35. The second kappa shape index (κ2) is 5.95. The van der Waals surface area contributed by atoms with Crippen LogP contribution in [-0.2, 0) is 4.74 Å². The van der Waals surface area contributed by atoms with Gasteiger partial charge in [-0.3, -0.25) is 0 Å². The molecule has 20 heavy (non-hydrogen) atoms. The molecule has 0 aliphatic heterocycles. The molecule has 0 aromatic carbocycles. The number of hydrogen-bond acceptors (Lipinski definition) is 5. The molecule has 0 spiro atoms. The summed E-state index contributed by atoms with van der Waals surface area (Å²) in [5.41, 5.74) is 1.21. The fourth-order valence-electron chi connectivity index (χ4n) is 2.71. The standard InChI is InChI=1S/C15H26N4O/c1-6-7-16-13-10(2)14(18-9-17-13)19-11-8-12(20-5)15(11,3)4/h9,11-12H,6-8H2,1-5H3,(H2,16,17,18,19). The summed E-state index contributed by atoms with van der Waals surface area (Å²) in [5.74, 6) is 1.84. The van der Waals surface area contributed by atoms with Gasteiger partial charge in [-0.1, -0.05) is 20.8 Å². The summed E-state index contributed by atoms with van der Waals surface area (Å²) in [6.07, 6.45) is 4.04. The molecular formula is C15H26N4O. The Morgan fingerprint density at radius 2 is 2.05 bits per heavy atom. The zero-order chi connectivity index (χ0) is 14.8. The highest BCUT2D eigenvalue weighted by Gasteiger charge is 2.48. The maximum absolute atomic E-state index is 5.49. The Morgan fingerprint density at radius 1 is 1.35 bits per heavy atom. The SMILES string of the molecule is CCCNc1ncnc(NC2CC(OC)C2(C)C)c1C. The lowest BCUT2D eigenvalue weighted by Crippen LogP contribution is -2.57. The zero-order valence-electron chi connectivity index (χ0n) is 13.2. The molecule has 0 bridgehead atoms. The van der Waals surface area contributed by atoms with E-state index >= 15 is 0 Å². The fraction of sp³-hybridized carbons (Fsp3) is 0.733. The van der Waals surface area contributed by atoms with Crippen LogP contribution >= 0.6 is 0 Å². The van der Waals surface area contributed by atoms with E-state index in [-0.39, 0.29) is 5.41 Å². The van der Waals surface area contributed by atoms with Crippen LogP contribution in [0, 0.1) is 12.3 Å². The van der Waals surface area contributed by atoms with Gasteiger partial charge in [0.05, 0.1) is 6.10 Å². The number of rotatable bonds is 6. The van der Waals surface area contributed by atoms with Gasteiger partial charge in [0.2, 0.25) is 0 Å². The van der Waals surface area contributed by atoms with Gasteiger partial charge in [0.1, 0.15) is 18.0 Å². The van der Waals surface area contributed by atoms with E-state index in [4.69, 9.17) is 4.74 Å². The lowest BCUT2D eigenvalue weighted by Gasteiger charge is -2.51. The number of anilines is 2. The quantitative estimate of drug-likeness (QED) is 0.838. The summed E-state index contributed by atoms with van der Waals surface area (Å²) in [6, 6.07) is 0.389. The Morgan fingerprint density at radius 3 is 2.65 bits per heavy atom. The molecule has 1 aromatic heterocycles. The normalized spacial score (nSPS) is 24.1. The topological polar surface area (TPSA) is 59.1 Å². The Balaban J connectivity index is 2.07. The van der Waals surface area contributed by atoms with Crippen molar-refractivity contribution in [2.75, 3.05) is 24.3 Å². The van der Waals surface area contributed by atoms with Gasteiger partial charge in [-0.2, -0.15) is 0 Å². The number of nitrogens with one attached hydrogen (secondary N) is 2. The van der Waals surface area contributed by atoms with Gasteiger partial charge in [-0.25, -0.2) is 9.97 Å². The lowest BCUT2D eigenvalue weighted by atomic mass is 9.64. The molecule has 2 atom stereocenters. The number of nitrogens with zero attached hydrogens (tertiary/aromatic N) is 2. The zero-order valence-corrected chi connectivity index (χ0v) is 13.2. The molecule has 1 aliphatic carbocycles. The van der Waals surface area contributed by atoms with Gasteiger partial charge in [0.25, 0.3) is 0 Å². The Kier molecular flexibility index (Phi) is 4.48. The van der Waals surface area contributed by atoms with Crippen molar-refractivity contribution in [2.24, 2.45) is 5.41 Å². The van der Waals surface area contributed by atoms with Crippen LogP contribution in [0.4, 0.5) is 11.6 Å². The van der Waals surface area contributed by atoms with Crippen molar-refractivity contribution in [3.63, 3.8) is 0 Å². The summed E-state index contributed by atoms with van der Waals surface area (Å²) in [4.78, 5) is 8.69. The average molecular weight is 278 g/mol.